The molecule has 3 aromatic carbocycles. The number of nitrogens with one attached hydrogen (secondary N) is 1. The van der Waals surface area contributed by atoms with Gasteiger partial charge in [0.05, 0.1) is 37.6 Å². The third-order valence-electron chi connectivity index (χ3n) is 6.95. The van der Waals surface area contributed by atoms with Crippen LogP contribution in [0, 0.1) is 0 Å². The average Bonchev–Trinajstić information content (AvgIpc) is 3.39. The Morgan fingerprint density at radius 3 is 2.63 bits per heavy atom. The second-order valence-electron chi connectivity index (χ2n) is 11.2. The zero-order chi connectivity index (χ0) is 29.3. The van der Waals surface area contributed by atoms with Gasteiger partial charge in [-0.25, -0.2) is 4.79 Å². The van der Waals surface area contributed by atoms with E-state index in [-0.39, 0.29) is 19.1 Å². The summed E-state index contributed by atoms with van der Waals surface area (Å²) in [5.74, 6) is -0.348. The number of carboxylic acids is 1. The van der Waals surface area contributed by atoms with Gasteiger partial charge in [0.1, 0.15) is 23.0 Å². The number of fused-ring (bicyclic) bond motifs is 2. The number of anilines is 1. The molecule has 0 radical (unpaired) electrons. The standard InChI is InChI=1S/C32H34N2O7/c1-32(2,3)41-31(38)33-25(18-35)20-8-5-7-19(13-20)24-15-23(14-22-11-12-39-29(22)24)27-17-34(4)26-10-6-9-21(16-28(36)37)30(26)40-27/h5-15,25,27,35H,16-18H2,1-4H3,(H,33,38)(H,36,37). The van der Waals surface area contributed by atoms with Crippen LogP contribution < -0.4 is 15.0 Å². The number of nitrogens with zero attached hydrogens (tertiary/aromatic N) is 1. The number of amides is 1. The number of benzene rings is 3. The Morgan fingerprint density at radius 1 is 1.12 bits per heavy atom. The summed E-state index contributed by atoms with van der Waals surface area (Å²) in [4.78, 5) is 26.0. The first-order chi connectivity index (χ1) is 19.5. The van der Waals surface area contributed by atoms with Gasteiger partial charge in [-0.1, -0.05) is 30.3 Å². The van der Waals surface area contributed by atoms with Gasteiger partial charge in [-0.15, -0.1) is 0 Å². The first kappa shape index (κ1) is 28.0. The molecule has 0 saturated heterocycles. The van der Waals surface area contributed by atoms with Gasteiger partial charge < -0.3 is 34.3 Å². The Balaban J connectivity index is 1.50. The molecule has 1 aliphatic heterocycles. The van der Waals surface area contributed by atoms with Crippen LogP contribution in [0.4, 0.5) is 10.5 Å². The van der Waals surface area contributed by atoms with Gasteiger partial charge >= 0.3 is 12.1 Å². The van der Waals surface area contributed by atoms with Crippen molar-refractivity contribution in [3.8, 4) is 16.9 Å². The first-order valence-corrected chi connectivity index (χ1v) is 13.5. The van der Waals surface area contributed by atoms with Crippen molar-refractivity contribution < 1.29 is 33.7 Å². The van der Waals surface area contributed by atoms with E-state index in [4.69, 9.17) is 13.9 Å². The van der Waals surface area contributed by atoms with Crippen molar-refractivity contribution in [3.05, 3.63) is 83.6 Å². The van der Waals surface area contributed by atoms with Gasteiger partial charge in [0.15, 0.2) is 0 Å². The smallest absolute Gasteiger partial charge is 0.408 e. The number of carbonyl (C=O) groups is 2. The molecule has 0 saturated carbocycles. The van der Waals surface area contributed by atoms with Gasteiger partial charge in [0, 0.05) is 23.6 Å². The quantitative estimate of drug-likeness (QED) is 0.258. The molecule has 0 aliphatic carbocycles. The van der Waals surface area contributed by atoms with Crippen LogP contribution in [0.1, 0.15) is 49.6 Å². The number of aliphatic carboxylic acids is 1. The Kier molecular flexibility index (Phi) is 7.64. The third-order valence-corrected chi connectivity index (χ3v) is 6.95. The highest BCUT2D eigenvalue weighted by atomic mass is 16.6. The lowest BCUT2D eigenvalue weighted by molar-refractivity contribution is -0.136. The lowest BCUT2D eigenvalue weighted by Crippen LogP contribution is -2.36. The number of alkyl carbamates (subject to hydrolysis) is 1. The molecule has 2 unspecified atom stereocenters. The van der Waals surface area contributed by atoms with Crippen LogP contribution in [0.5, 0.6) is 5.75 Å². The largest absolute Gasteiger partial charge is 0.481 e. The number of hydrogen-bond donors (Lipinski definition) is 3. The Labute approximate surface area is 238 Å². The summed E-state index contributed by atoms with van der Waals surface area (Å²) in [5, 5.41) is 23.1. The second-order valence-corrected chi connectivity index (χ2v) is 11.2. The van der Waals surface area contributed by atoms with E-state index in [0.29, 0.717) is 29.0 Å². The minimum Gasteiger partial charge on any atom is -0.481 e. The number of furan rings is 1. The summed E-state index contributed by atoms with van der Waals surface area (Å²) in [6.45, 7) is 5.60. The molecule has 1 aromatic heterocycles. The topological polar surface area (TPSA) is 121 Å². The SMILES string of the molecule is CN1CC(c2cc(-c3cccc(C(CO)NC(=O)OC(C)(C)C)c3)c3occc3c2)Oc2c(CC(=O)O)cccc21. The van der Waals surface area contributed by atoms with E-state index in [0.717, 1.165) is 27.8 Å². The maximum absolute atomic E-state index is 12.4. The summed E-state index contributed by atoms with van der Waals surface area (Å²) >= 11 is 0. The summed E-state index contributed by atoms with van der Waals surface area (Å²) in [7, 11) is 1.96. The first-order valence-electron chi connectivity index (χ1n) is 13.5. The van der Waals surface area contributed by atoms with Crippen molar-refractivity contribution in [1.29, 1.82) is 0 Å². The van der Waals surface area contributed by atoms with Gasteiger partial charge in [-0.05, 0) is 67.8 Å². The van der Waals surface area contributed by atoms with Crippen LogP contribution in [0.3, 0.4) is 0 Å². The van der Waals surface area contributed by atoms with Gasteiger partial charge in [-0.3, -0.25) is 4.79 Å². The number of rotatable bonds is 7. The molecule has 1 aliphatic rings. The number of hydrogen-bond acceptors (Lipinski definition) is 7. The van der Waals surface area contributed by atoms with Crippen LogP contribution in [-0.4, -0.2) is 48.1 Å². The Bertz CT molecular complexity index is 1590. The zero-order valence-corrected chi connectivity index (χ0v) is 23.5. The number of aliphatic hydroxyl groups excluding tert-OH is 1. The van der Waals surface area contributed by atoms with Crippen LogP contribution in [0.2, 0.25) is 0 Å². The monoisotopic (exact) mass is 558 g/mol. The Hall–Kier alpha value is -4.50. The molecular formula is C32H34N2O7. The number of ether oxygens (including phenoxy) is 2. The molecule has 2 atom stereocenters. The molecular weight excluding hydrogens is 524 g/mol. The molecule has 214 valence electrons. The van der Waals surface area contributed by atoms with E-state index in [9.17, 15) is 19.8 Å². The lowest BCUT2D eigenvalue weighted by atomic mass is 9.94. The number of aliphatic hydroxyl groups is 1. The van der Waals surface area contributed by atoms with E-state index >= 15 is 0 Å². The molecule has 1 amide bonds. The van der Waals surface area contributed by atoms with Crippen LogP contribution >= 0.6 is 0 Å². The van der Waals surface area contributed by atoms with Crippen LogP contribution in [0.25, 0.3) is 22.1 Å². The number of para-hydroxylation sites is 1. The van der Waals surface area contributed by atoms with Crippen molar-refractivity contribution in [2.75, 3.05) is 25.1 Å². The second kappa shape index (κ2) is 11.2. The molecule has 5 rings (SSSR count). The normalized spacial score (nSPS) is 15.6. The van der Waals surface area contributed by atoms with Crippen LogP contribution in [0.15, 0.2) is 71.3 Å². The predicted molar refractivity (Wildman–Crippen MR) is 155 cm³/mol. The molecule has 9 heteroatoms. The summed E-state index contributed by atoms with van der Waals surface area (Å²) in [5.41, 5.74) is 4.79. The number of carbonyl (C=O) groups excluding carboxylic acids is 1. The van der Waals surface area contributed by atoms with E-state index in [1.165, 1.54) is 0 Å². The molecule has 41 heavy (non-hydrogen) atoms. The minimum absolute atomic E-state index is 0.133. The van der Waals surface area contributed by atoms with Crippen molar-refractivity contribution in [3.63, 3.8) is 0 Å². The maximum atomic E-state index is 12.4. The van der Waals surface area contributed by atoms with Crippen molar-refractivity contribution in [2.24, 2.45) is 0 Å². The van der Waals surface area contributed by atoms with Gasteiger partial charge in [0.2, 0.25) is 0 Å². The minimum atomic E-state index is -0.920. The van der Waals surface area contributed by atoms with E-state index in [1.807, 2.05) is 61.6 Å². The Morgan fingerprint density at radius 2 is 1.90 bits per heavy atom. The predicted octanol–water partition coefficient (Wildman–Crippen LogP) is 5.85. The molecule has 0 spiro atoms. The molecule has 2 heterocycles. The molecule has 4 aromatic rings. The van der Waals surface area contributed by atoms with Crippen LogP contribution in [-0.2, 0) is 16.0 Å². The highest BCUT2D eigenvalue weighted by Gasteiger charge is 2.29. The fraction of sp³-hybridized carbons (Fsp3) is 0.312. The van der Waals surface area contributed by atoms with Gasteiger partial charge in [-0.2, -0.15) is 0 Å². The molecule has 3 N–H and O–H groups in total. The molecule has 0 bridgehead atoms. The van der Waals surface area contributed by atoms with Crippen molar-refractivity contribution >= 4 is 28.7 Å². The number of carboxylic acid groups (broad SMARTS) is 1. The fourth-order valence-electron chi connectivity index (χ4n) is 5.12. The van der Waals surface area contributed by atoms with Crippen molar-refractivity contribution in [1.82, 2.24) is 5.32 Å². The summed E-state index contributed by atoms with van der Waals surface area (Å²) in [6.07, 6.45) is 0.531. The highest BCUT2D eigenvalue weighted by Crippen LogP contribution is 2.42. The maximum Gasteiger partial charge on any atom is 0.408 e. The third kappa shape index (κ3) is 6.15. The number of likely N-dealkylation sites (N-methyl/N-ethyl adjacent to an activating group) is 1. The zero-order valence-electron chi connectivity index (χ0n) is 23.5. The van der Waals surface area contributed by atoms with E-state index in [1.54, 1.807) is 33.1 Å². The summed E-state index contributed by atoms with van der Waals surface area (Å²) < 4.78 is 17.7. The fourth-order valence-corrected chi connectivity index (χ4v) is 5.12. The van der Waals surface area contributed by atoms with Gasteiger partial charge in [0.25, 0.3) is 0 Å². The molecule has 9 nitrogen and oxygen atoms in total. The lowest BCUT2D eigenvalue weighted by Gasteiger charge is -2.35. The highest BCUT2D eigenvalue weighted by molar-refractivity contribution is 5.93. The van der Waals surface area contributed by atoms with E-state index in [2.05, 4.69) is 10.2 Å². The van der Waals surface area contributed by atoms with E-state index < -0.39 is 23.7 Å². The average molecular weight is 559 g/mol. The van der Waals surface area contributed by atoms with Crippen molar-refractivity contribution in [2.45, 2.75) is 44.9 Å². The summed E-state index contributed by atoms with van der Waals surface area (Å²) in [6, 6.07) is 18.4. The molecule has 0 fully saturated rings.